The fourth-order valence-electron chi connectivity index (χ4n) is 2.72. The number of benzene rings is 1. The first-order chi connectivity index (χ1) is 10.3. The minimum atomic E-state index is 0.483. The molecule has 2 nitrogen and oxygen atoms in total. The van der Waals surface area contributed by atoms with Crippen molar-refractivity contribution in [2.75, 3.05) is 13.2 Å². The molecule has 1 unspecified atom stereocenters. The van der Waals surface area contributed by atoms with Gasteiger partial charge in [-0.1, -0.05) is 64.5 Å². The SMILES string of the molecule is CCCCCCCCC(NCC)c1ccc(OCC)cc1. The third-order valence-corrected chi connectivity index (χ3v) is 3.89. The maximum Gasteiger partial charge on any atom is 0.119 e. The topological polar surface area (TPSA) is 21.3 Å². The summed E-state index contributed by atoms with van der Waals surface area (Å²) in [4.78, 5) is 0. The van der Waals surface area contributed by atoms with Gasteiger partial charge in [0.2, 0.25) is 0 Å². The summed E-state index contributed by atoms with van der Waals surface area (Å²) in [6.07, 6.45) is 9.39. The van der Waals surface area contributed by atoms with Crippen LogP contribution in [0.25, 0.3) is 0 Å². The molecule has 0 bridgehead atoms. The summed E-state index contributed by atoms with van der Waals surface area (Å²) < 4.78 is 5.52. The van der Waals surface area contributed by atoms with Crippen LogP contribution >= 0.6 is 0 Å². The molecule has 0 aliphatic heterocycles. The van der Waals surface area contributed by atoms with Crippen molar-refractivity contribution in [1.82, 2.24) is 5.32 Å². The maximum absolute atomic E-state index is 5.52. The van der Waals surface area contributed by atoms with Crippen LogP contribution in [0.2, 0.25) is 0 Å². The summed E-state index contributed by atoms with van der Waals surface area (Å²) in [5.74, 6) is 0.969. The van der Waals surface area contributed by atoms with Gasteiger partial charge in [0.05, 0.1) is 6.61 Å². The molecule has 1 atom stereocenters. The zero-order valence-electron chi connectivity index (χ0n) is 14.2. The number of ether oxygens (including phenoxy) is 1. The molecule has 1 rings (SSSR count). The van der Waals surface area contributed by atoms with Gasteiger partial charge < -0.3 is 10.1 Å². The van der Waals surface area contributed by atoms with Crippen molar-refractivity contribution in [2.45, 2.75) is 71.8 Å². The van der Waals surface area contributed by atoms with E-state index in [0.29, 0.717) is 6.04 Å². The predicted octanol–water partition coefficient (Wildman–Crippen LogP) is 5.49. The van der Waals surface area contributed by atoms with Crippen LogP contribution < -0.4 is 10.1 Å². The van der Waals surface area contributed by atoms with Gasteiger partial charge in [0, 0.05) is 6.04 Å². The molecule has 0 saturated heterocycles. The molecule has 1 aromatic carbocycles. The van der Waals surface area contributed by atoms with Crippen LogP contribution in [0.15, 0.2) is 24.3 Å². The first kappa shape index (κ1) is 18.0. The van der Waals surface area contributed by atoms with E-state index in [4.69, 9.17) is 4.74 Å². The van der Waals surface area contributed by atoms with Crippen molar-refractivity contribution in [1.29, 1.82) is 0 Å². The van der Waals surface area contributed by atoms with Crippen molar-refractivity contribution in [3.63, 3.8) is 0 Å². The molecule has 0 heterocycles. The molecule has 0 saturated carbocycles. The molecular weight excluding hydrogens is 258 g/mol. The number of rotatable bonds is 12. The van der Waals surface area contributed by atoms with E-state index in [1.807, 2.05) is 6.92 Å². The van der Waals surface area contributed by atoms with E-state index in [2.05, 4.69) is 43.4 Å². The highest BCUT2D eigenvalue weighted by atomic mass is 16.5. The summed E-state index contributed by atoms with van der Waals surface area (Å²) in [7, 11) is 0. The summed E-state index contributed by atoms with van der Waals surface area (Å²) >= 11 is 0. The van der Waals surface area contributed by atoms with Crippen molar-refractivity contribution in [2.24, 2.45) is 0 Å². The van der Waals surface area contributed by atoms with E-state index in [1.54, 1.807) is 0 Å². The van der Waals surface area contributed by atoms with Gasteiger partial charge in [-0.15, -0.1) is 0 Å². The zero-order valence-corrected chi connectivity index (χ0v) is 14.2. The van der Waals surface area contributed by atoms with Gasteiger partial charge in [0.15, 0.2) is 0 Å². The molecule has 0 aliphatic rings. The van der Waals surface area contributed by atoms with E-state index < -0.39 is 0 Å². The molecule has 21 heavy (non-hydrogen) atoms. The third kappa shape index (κ3) is 7.52. The first-order valence-electron chi connectivity index (χ1n) is 8.77. The van der Waals surface area contributed by atoms with Crippen LogP contribution in [0.1, 0.15) is 77.3 Å². The van der Waals surface area contributed by atoms with Gasteiger partial charge in [-0.2, -0.15) is 0 Å². The van der Waals surface area contributed by atoms with E-state index in [9.17, 15) is 0 Å². The highest BCUT2D eigenvalue weighted by Crippen LogP contribution is 2.23. The van der Waals surface area contributed by atoms with Crippen molar-refractivity contribution >= 4 is 0 Å². The Morgan fingerprint density at radius 3 is 2.19 bits per heavy atom. The van der Waals surface area contributed by atoms with Crippen molar-refractivity contribution in [3.8, 4) is 5.75 Å². The Labute approximate surface area is 131 Å². The van der Waals surface area contributed by atoms with Gasteiger partial charge in [-0.25, -0.2) is 0 Å². The quantitative estimate of drug-likeness (QED) is 0.514. The standard InChI is InChI=1S/C19H33NO/c1-4-7-8-9-10-11-12-19(20-5-2)17-13-15-18(16-14-17)21-6-3/h13-16,19-20H,4-12H2,1-3H3. The van der Waals surface area contributed by atoms with Crippen LogP contribution in [0, 0.1) is 0 Å². The summed E-state index contributed by atoms with van der Waals surface area (Å²) in [6, 6.07) is 9.07. The predicted molar refractivity (Wildman–Crippen MR) is 92.0 cm³/mol. The largest absolute Gasteiger partial charge is 0.494 e. The summed E-state index contributed by atoms with van der Waals surface area (Å²) in [5, 5.41) is 3.61. The number of hydrogen-bond acceptors (Lipinski definition) is 2. The minimum Gasteiger partial charge on any atom is -0.494 e. The van der Waals surface area contributed by atoms with Gasteiger partial charge in [-0.3, -0.25) is 0 Å². The Hall–Kier alpha value is -1.02. The van der Waals surface area contributed by atoms with Gasteiger partial charge >= 0.3 is 0 Å². The summed E-state index contributed by atoms with van der Waals surface area (Å²) in [6.45, 7) is 8.23. The monoisotopic (exact) mass is 291 g/mol. The van der Waals surface area contributed by atoms with E-state index >= 15 is 0 Å². The highest BCUT2D eigenvalue weighted by Gasteiger charge is 2.09. The first-order valence-corrected chi connectivity index (χ1v) is 8.77. The summed E-state index contributed by atoms with van der Waals surface area (Å²) in [5.41, 5.74) is 1.38. The molecule has 0 fully saturated rings. The van der Waals surface area contributed by atoms with E-state index in [-0.39, 0.29) is 0 Å². The Bertz CT molecular complexity index is 347. The molecule has 0 amide bonds. The van der Waals surface area contributed by atoms with E-state index in [1.165, 1.54) is 50.5 Å². The average molecular weight is 291 g/mol. The molecule has 0 radical (unpaired) electrons. The van der Waals surface area contributed by atoms with Crippen LogP contribution in [0.3, 0.4) is 0 Å². The lowest BCUT2D eigenvalue weighted by atomic mass is 9.99. The lowest BCUT2D eigenvalue weighted by Crippen LogP contribution is -2.20. The molecule has 0 spiro atoms. The number of nitrogens with one attached hydrogen (secondary N) is 1. The van der Waals surface area contributed by atoms with Crippen LogP contribution in [-0.2, 0) is 0 Å². The van der Waals surface area contributed by atoms with Gasteiger partial charge in [0.25, 0.3) is 0 Å². The Kier molecular flexibility index (Phi) is 9.98. The molecule has 1 aromatic rings. The molecule has 2 heteroatoms. The van der Waals surface area contributed by atoms with E-state index in [0.717, 1.165) is 18.9 Å². The molecule has 0 aliphatic carbocycles. The van der Waals surface area contributed by atoms with Crippen LogP contribution in [-0.4, -0.2) is 13.2 Å². The molecule has 0 aromatic heterocycles. The van der Waals surface area contributed by atoms with Gasteiger partial charge in [0.1, 0.15) is 5.75 Å². The molecule has 120 valence electrons. The smallest absolute Gasteiger partial charge is 0.119 e. The van der Waals surface area contributed by atoms with Crippen LogP contribution in [0.4, 0.5) is 0 Å². The van der Waals surface area contributed by atoms with Crippen molar-refractivity contribution < 1.29 is 4.74 Å². The second-order valence-corrected chi connectivity index (χ2v) is 5.67. The average Bonchev–Trinajstić information content (AvgIpc) is 2.51. The lowest BCUT2D eigenvalue weighted by Gasteiger charge is -2.19. The Balaban J connectivity index is 2.40. The molecular formula is C19H33NO. The minimum absolute atomic E-state index is 0.483. The lowest BCUT2D eigenvalue weighted by molar-refractivity contribution is 0.340. The number of hydrogen-bond donors (Lipinski definition) is 1. The Morgan fingerprint density at radius 1 is 0.905 bits per heavy atom. The second kappa shape index (κ2) is 11.6. The third-order valence-electron chi connectivity index (χ3n) is 3.89. The normalized spacial score (nSPS) is 12.3. The Morgan fingerprint density at radius 2 is 1.57 bits per heavy atom. The highest BCUT2D eigenvalue weighted by molar-refractivity contribution is 5.29. The number of unbranched alkanes of at least 4 members (excludes halogenated alkanes) is 5. The maximum atomic E-state index is 5.52. The van der Waals surface area contributed by atoms with Gasteiger partial charge in [-0.05, 0) is 37.6 Å². The zero-order chi connectivity index (χ0) is 15.3. The molecule has 1 N–H and O–H groups in total. The fraction of sp³-hybridized carbons (Fsp3) is 0.684. The van der Waals surface area contributed by atoms with Crippen LogP contribution in [0.5, 0.6) is 5.75 Å². The fourth-order valence-corrected chi connectivity index (χ4v) is 2.72. The second-order valence-electron chi connectivity index (χ2n) is 5.67. The van der Waals surface area contributed by atoms with Crippen molar-refractivity contribution in [3.05, 3.63) is 29.8 Å².